The number of aryl methyl sites for hydroxylation is 1. The molecule has 0 unspecified atom stereocenters. The Kier molecular flexibility index (Phi) is 2.47. The van der Waals surface area contributed by atoms with Crippen molar-refractivity contribution >= 4 is 5.57 Å². The van der Waals surface area contributed by atoms with Crippen molar-refractivity contribution in [3.05, 3.63) is 40.7 Å². The minimum absolute atomic E-state index is 0.251. The molecule has 0 fully saturated rings. The number of likely N-dealkylation sites (N-methyl/N-ethyl adjacent to an activating group) is 1. The molecule has 100 valence electrons. The average Bonchev–Trinajstić information content (AvgIpc) is 2.85. The van der Waals surface area contributed by atoms with Crippen LogP contribution >= 0.6 is 0 Å². The number of aliphatic hydroxyl groups excluding tert-OH is 1. The maximum atomic E-state index is 9.48. The average molecular weight is 256 g/mol. The number of fused-ring (bicyclic) bond motifs is 2. The van der Waals surface area contributed by atoms with Crippen LogP contribution < -0.4 is 0 Å². The molecule has 1 aliphatic heterocycles. The van der Waals surface area contributed by atoms with Gasteiger partial charge in [-0.25, -0.2) is 0 Å². The summed E-state index contributed by atoms with van der Waals surface area (Å²) in [7, 11) is 2.18. The Balaban J connectivity index is 1.87. The number of aliphatic hydroxyl groups is 1. The highest BCUT2D eigenvalue weighted by molar-refractivity contribution is 5.86. The molecule has 0 spiro atoms. The lowest BCUT2D eigenvalue weighted by Crippen LogP contribution is -2.44. The van der Waals surface area contributed by atoms with E-state index >= 15 is 0 Å². The number of H-pyrrole nitrogens is 1. The predicted molar refractivity (Wildman–Crippen MR) is 75.9 cm³/mol. The van der Waals surface area contributed by atoms with Gasteiger partial charge in [0.05, 0.1) is 6.61 Å². The van der Waals surface area contributed by atoms with Crippen LogP contribution in [-0.2, 0) is 12.8 Å². The van der Waals surface area contributed by atoms with Gasteiger partial charge in [0.1, 0.15) is 0 Å². The number of nitrogens with zero attached hydrogens (tertiary/aromatic N) is 1. The van der Waals surface area contributed by atoms with Gasteiger partial charge in [0.2, 0.25) is 0 Å². The van der Waals surface area contributed by atoms with Crippen molar-refractivity contribution < 1.29 is 5.11 Å². The highest BCUT2D eigenvalue weighted by Gasteiger charge is 2.36. The molecular formula is C16H20N2O. The minimum Gasteiger partial charge on any atom is -0.396 e. The number of aromatic nitrogens is 1. The van der Waals surface area contributed by atoms with E-state index in [4.69, 9.17) is 0 Å². The molecule has 2 atom stereocenters. The standard InChI is InChI=1S/C16H20N2O/c1-18-8-10(9-19)5-13-12-3-2-4-14-16(12)11(7-17-14)6-15(13)18/h3,5,7,10,15,17,19H,2,4,6,8-9H2,1H3/t10-,15-/m1/s1. The molecule has 19 heavy (non-hydrogen) atoms. The quantitative estimate of drug-likeness (QED) is 0.803. The van der Waals surface area contributed by atoms with Gasteiger partial charge in [-0.05, 0) is 43.0 Å². The van der Waals surface area contributed by atoms with Crippen LogP contribution in [0.4, 0.5) is 0 Å². The fourth-order valence-electron chi connectivity index (χ4n) is 3.94. The van der Waals surface area contributed by atoms with Gasteiger partial charge in [0.25, 0.3) is 0 Å². The maximum Gasteiger partial charge on any atom is 0.0506 e. The van der Waals surface area contributed by atoms with Gasteiger partial charge < -0.3 is 10.1 Å². The van der Waals surface area contributed by atoms with Gasteiger partial charge in [-0.3, -0.25) is 4.90 Å². The molecular weight excluding hydrogens is 236 g/mol. The van der Waals surface area contributed by atoms with Gasteiger partial charge >= 0.3 is 0 Å². The molecule has 3 nitrogen and oxygen atoms in total. The smallest absolute Gasteiger partial charge is 0.0506 e. The molecule has 3 heteroatoms. The molecule has 1 aromatic heterocycles. The van der Waals surface area contributed by atoms with Crippen LogP contribution in [0.5, 0.6) is 0 Å². The molecule has 0 amide bonds. The summed E-state index contributed by atoms with van der Waals surface area (Å²) in [6, 6.07) is 0.489. The zero-order valence-corrected chi connectivity index (χ0v) is 11.3. The first-order valence-corrected chi connectivity index (χ1v) is 7.20. The second-order valence-electron chi connectivity index (χ2n) is 6.05. The van der Waals surface area contributed by atoms with E-state index in [0.717, 1.165) is 25.8 Å². The zero-order valence-electron chi connectivity index (χ0n) is 11.3. The third-order valence-corrected chi connectivity index (χ3v) is 4.84. The highest BCUT2D eigenvalue weighted by atomic mass is 16.3. The number of aromatic amines is 1. The Bertz CT molecular complexity index is 582. The van der Waals surface area contributed by atoms with E-state index < -0.39 is 0 Å². The summed E-state index contributed by atoms with van der Waals surface area (Å²) in [5, 5.41) is 9.48. The first kappa shape index (κ1) is 11.5. The molecule has 4 rings (SSSR count). The predicted octanol–water partition coefficient (Wildman–Crippen LogP) is 1.75. The fraction of sp³-hybridized carbons (Fsp3) is 0.500. The molecule has 2 heterocycles. The molecule has 1 aromatic rings. The lowest BCUT2D eigenvalue weighted by Gasteiger charge is -2.41. The largest absolute Gasteiger partial charge is 0.396 e. The summed E-state index contributed by atoms with van der Waals surface area (Å²) in [4.78, 5) is 5.87. The van der Waals surface area contributed by atoms with Crippen molar-refractivity contribution in [1.29, 1.82) is 0 Å². The van der Waals surface area contributed by atoms with Crippen molar-refractivity contribution in [1.82, 2.24) is 9.88 Å². The molecule has 0 aromatic carbocycles. The van der Waals surface area contributed by atoms with Crippen molar-refractivity contribution in [2.45, 2.75) is 25.3 Å². The van der Waals surface area contributed by atoms with E-state index in [1.807, 2.05) is 0 Å². The number of hydrogen-bond donors (Lipinski definition) is 2. The van der Waals surface area contributed by atoms with Gasteiger partial charge in [-0.2, -0.15) is 0 Å². The number of hydrogen-bond acceptors (Lipinski definition) is 2. The Labute approximate surface area is 113 Å². The monoisotopic (exact) mass is 256 g/mol. The van der Waals surface area contributed by atoms with E-state index in [1.165, 1.54) is 28.0 Å². The molecule has 2 aliphatic carbocycles. The van der Waals surface area contributed by atoms with Crippen molar-refractivity contribution in [2.75, 3.05) is 20.2 Å². The maximum absolute atomic E-state index is 9.48. The Hall–Kier alpha value is -1.32. The highest BCUT2D eigenvalue weighted by Crippen LogP contribution is 2.43. The summed E-state index contributed by atoms with van der Waals surface area (Å²) in [6.07, 6.45) is 10.3. The Morgan fingerprint density at radius 3 is 3.21 bits per heavy atom. The molecule has 3 aliphatic rings. The van der Waals surface area contributed by atoms with Crippen LogP contribution in [0, 0.1) is 5.92 Å². The summed E-state index contributed by atoms with van der Waals surface area (Å²) < 4.78 is 0. The first-order chi connectivity index (χ1) is 9.28. The Morgan fingerprint density at radius 2 is 2.37 bits per heavy atom. The first-order valence-electron chi connectivity index (χ1n) is 7.20. The molecule has 0 saturated carbocycles. The van der Waals surface area contributed by atoms with E-state index in [-0.39, 0.29) is 12.5 Å². The SMILES string of the molecule is CN1C[C@H](CO)C=C2C3=CCCc4[nH]cc(c43)C[C@H]21. The summed E-state index contributed by atoms with van der Waals surface area (Å²) >= 11 is 0. The second-order valence-corrected chi connectivity index (χ2v) is 6.05. The molecule has 0 radical (unpaired) electrons. The van der Waals surface area contributed by atoms with Crippen LogP contribution in [0.25, 0.3) is 5.57 Å². The summed E-state index contributed by atoms with van der Waals surface area (Å²) in [5.41, 5.74) is 7.21. The molecule has 2 N–H and O–H groups in total. The van der Waals surface area contributed by atoms with E-state index in [2.05, 4.69) is 35.3 Å². The van der Waals surface area contributed by atoms with Crippen LogP contribution in [0.15, 0.2) is 23.9 Å². The van der Waals surface area contributed by atoms with Gasteiger partial charge in [0, 0.05) is 36.0 Å². The van der Waals surface area contributed by atoms with Crippen molar-refractivity contribution in [2.24, 2.45) is 5.92 Å². The Morgan fingerprint density at radius 1 is 1.47 bits per heavy atom. The van der Waals surface area contributed by atoms with Gasteiger partial charge in [-0.15, -0.1) is 0 Å². The van der Waals surface area contributed by atoms with E-state index in [9.17, 15) is 5.11 Å². The minimum atomic E-state index is 0.251. The van der Waals surface area contributed by atoms with Crippen LogP contribution in [-0.4, -0.2) is 41.2 Å². The van der Waals surface area contributed by atoms with Crippen LogP contribution in [0.3, 0.4) is 0 Å². The summed E-state index contributed by atoms with van der Waals surface area (Å²) in [5.74, 6) is 0.281. The second kappa shape index (κ2) is 4.09. The number of nitrogens with one attached hydrogen (secondary N) is 1. The number of allylic oxidation sites excluding steroid dienone is 1. The topological polar surface area (TPSA) is 39.3 Å². The number of rotatable bonds is 1. The van der Waals surface area contributed by atoms with Gasteiger partial charge in [0.15, 0.2) is 0 Å². The lowest BCUT2D eigenvalue weighted by molar-refractivity contribution is 0.172. The zero-order chi connectivity index (χ0) is 13.0. The third-order valence-electron chi connectivity index (χ3n) is 4.84. The van der Waals surface area contributed by atoms with Crippen LogP contribution in [0.2, 0.25) is 0 Å². The molecule has 0 bridgehead atoms. The van der Waals surface area contributed by atoms with Gasteiger partial charge in [-0.1, -0.05) is 12.2 Å². The lowest BCUT2D eigenvalue weighted by atomic mass is 9.75. The molecule has 0 saturated heterocycles. The normalized spacial score (nSPS) is 29.4. The van der Waals surface area contributed by atoms with Crippen LogP contribution in [0.1, 0.15) is 23.2 Å². The van der Waals surface area contributed by atoms with E-state index in [1.54, 1.807) is 0 Å². The summed E-state index contributed by atoms with van der Waals surface area (Å²) in [6.45, 7) is 1.21. The van der Waals surface area contributed by atoms with E-state index in [0.29, 0.717) is 6.04 Å². The third kappa shape index (κ3) is 1.58. The van der Waals surface area contributed by atoms with Crippen molar-refractivity contribution in [3.8, 4) is 0 Å². The van der Waals surface area contributed by atoms with Crippen molar-refractivity contribution in [3.63, 3.8) is 0 Å². The fourth-order valence-corrected chi connectivity index (χ4v) is 3.94.